The Morgan fingerprint density at radius 3 is 2.41 bits per heavy atom. The molecular formula is C22H22N4O3. The molecule has 0 fully saturated rings. The summed E-state index contributed by atoms with van der Waals surface area (Å²) in [7, 11) is 0. The predicted octanol–water partition coefficient (Wildman–Crippen LogP) is 4.38. The first-order valence-corrected chi connectivity index (χ1v) is 9.12. The van der Waals surface area contributed by atoms with Crippen molar-refractivity contribution < 1.29 is 9.72 Å². The van der Waals surface area contributed by atoms with Gasteiger partial charge in [-0.25, -0.2) is 5.43 Å². The minimum absolute atomic E-state index is 0.0942. The summed E-state index contributed by atoms with van der Waals surface area (Å²) in [6.45, 7) is 7.66. The smallest absolute Gasteiger partial charge is 0.273 e. The van der Waals surface area contributed by atoms with Crippen molar-refractivity contribution in [2.75, 3.05) is 0 Å². The Bertz CT molecular complexity index is 1110. The molecule has 0 atom stereocenters. The lowest BCUT2D eigenvalue weighted by molar-refractivity contribution is -0.385. The van der Waals surface area contributed by atoms with Crippen molar-refractivity contribution in [3.8, 4) is 5.69 Å². The lowest BCUT2D eigenvalue weighted by Crippen LogP contribution is -2.18. The van der Waals surface area contributed by atoms with Crippen LogP contribution in [0.15, 0.2) is 53.6 Å². The second kappa shape index (κ2) is 8.10. The summed E-state index contributed by atoms with van der Waals surface area (Å²) in [5.74, 6) is -0.503. The molecule has 0 aliphatic rings. The van der Waals surface area contributed by atoms with E-state index in [9.17, 15) is 14.9 Å². The summed E-state index contributed by atoms with van der Waals surface area (Å²) in [4.78, 5) is 22.8. The molecule has 0 bridgehead atoms. The summed E-state index contributed by atoms with van der Waals surface area (Å²) >= 11 is 0. The van der Waals surface area contributed by atoms with Gasteiger partial charge in [0, 0.05) is 39.8 Å². The van der Waals surface area contributed by atoms with E-state index < -0.39 is 10.8 Å². The van der Waals surface area contributed by atoms with E-state index in [0.29, 0.717) is 5.56 Å². The van der Waals surface area contributed by atoms with E-state index in [1.54, 1.807) is 19.2 Å². The van der Waals surface area contributed by atoms with Gasteiger partial charge in [-0.1, -0.05) is 23.8 Å². The average molecular weight is 390 g/mol. The normalized spacial score (nSPS) is 11.0. The Hall–Kier alpha value is -3.74. The SMILES string of the molecule is Cc1ccc(-n2c(C)cc(/C=N/NC(=O)c3ccc(C)c([N+](=O)[O-])c3)c2C)cc1. The van der Waals surface area contributed by atoms with Crippen molar-refractivity contribution in [1.82, 2.24) is 9.99 Å². The van der Waals surface area contributed by atoms with Gasteiger partial charge in [-0.2, -0.15) is 5.10 Å². The number of amides is 1. The Kier molecular flexibility index (Phi) is 5.59. The summed E-state index contributed by atoms with van der Waals surface area (Å²) in [6.07, 6.45) is 1.58. The van der Waals surface area contributed by atoms with Crippen LogP contribution in [0.3, 0.4) is 0 Å². The van der Waals surface area contributed by atoms with Crippen LogP contribution in [0, 0.1) is 37.8 Å². The average Bonchev–Trinajstić information content (AvgIpc) is 2.96. The highest BCUT2D eigenvalue weighted by molar-refractivity contribution is 5.95. The van der Waals surface area contributed by atoms with Gasteiger partial charge in [0.25, 0.3) is 11.6 Å². The van der Waals surface area contributed by atoms with Crippen molar-refractivity contribution in [3.05, 3.63) is 92.3 Å². The zero-order valence-corrected chi connectivity index (χ0v) is 16.8. The molecule has 7 heteroatoms. The first-order chi connectivity index (χ1) is 13.8. The highest BCUT2D eigenvalue weighted by atomic mass is 16.6. The molecule has 0 unspecified atom stereocenters. The number of aryl methyl sites for hydroxylation is 3. The third kappa shape index (κ3) is 4.24. The first kappa shape index (κ1) is 20.0. The second-order valence-corrected chi connectivity index (χ2v) is 6.95. The number of aromatic nitrogens is 1. The molecule has 0 spiro atoms. The number of nitrogens with zero attached hydrogens (tertiary/aromatic N) is 3. The highest BCUT2D eigenvalue weighted by Crippen LogP contribution is 2.21. The fourth-order valence-corrected chi connectivity index (χ4v) is 3.18. The number of carbonyl (C=O) groups is 1. The number of benzene rings is 2. The summed E-state index contributed by atoms with van der Waals surface area (Å²) < 4.78 is 2.12. The van der Waals surface area contributed by atoms with Gasteiger partial charge in [-0.15, -0.1) is 0 Å². The molecule has 3 aromatic rings. The monoisotopic (exact) mass is 390 g/mol. The van der Waals surface area contributed by atoms with Crippen LogP contribution in [-0.4, -0.2) is 21.6 Å². The molecule has 7 nitrogen and oxygen atoms in total. The maximum absolute atomic E-state index is 12.3. The van der Waals surface area contributed by atoms with Crippen LogP contribution < -0.4 is 5.43 Å². The van der Waals surface area contributed by atoms with Crippen LogP contribution in [0.4, 0.5) is 5.69 Å². The highest BCUT2D eigenvalue weighted by Gasteiger charge is 2.15. The second-order valence-electron chi connectivity index (χ2n) is 6.95. The lowest BCUT2D eigenvalue weighted by Gasteiger charge is -2.09. The molecule has 1 heterocycles. The molecule has 0 saturated carbocycles. The van der Waals surface area contributed by atoms with Crippen molar-refractivity contribution in [3.63, 3.8) is 0 Å². The van der Waals surface area contributed by atoms with E-state index >= 15 is 0 Å². The zero-order chi connectivity index (χ0) is 21.1. The lowest BCUT2D eigenvalue weighted by atomic mass is 10.1. The molecule has 0 aliphatic heterocycles. The van der Waals surface area contributed by atoms with E-state index in [0.717, 1.165) is 22.6 Å². The van der Waals surface area contributed by atoms with Crippen LogP contribution in [0.25, 0.3) is 5.69 Å². The third-order valence-corrected chi connectivity index (χ3v) is 4.80. The summed E-state index contributed by atoms with van der Waals surface area (Å²) in [5.41, 5.74) is 8.19. The Balaban J connectivity index is 1.78. The van der Waals surface area contributed by atoms with Crippen LogP contribution >= 0.6 is 0 Å². The van der Waals surface area contributed by atoms with Crippen molar-refractivity contribution >= 4 is 17.8 Å². The number of rotatable bonds is 5. The number of nitro benzene ring substituents is 1. The molecule has 2 aromatic carbocycles. The van der Waals surface area contributed by atoms with E-state index in [1.807, 2.05) is 26.8 Å². The quantitative estimate of drug-likeness (QED) is 0.398. The van der Waals surface area contributed by atoms with Gasteiger partial charge in [0.05, 0.1) is 11.1 Å². The Morgan fingerprint density at radius 2 is 1.76 bits per heavy atom. The number of hydrogen-bond acceptors (Lipinski definition) is 4. The van der Waals surface area contributed by atoms with Crippen molar-refractivity contribution in [2.24, 2.45) is 5.10 Å². The summed E-state index contributed by atoms with van der Waals surface area (Å²) in [6, 6.07) is 14.6. The van der Waals surface area contributed by atoms with E-state index in [-0.39, 0.29) is 11.3 Å². The van der Waals surface area contributed by atoms with Crippen molar-refractivity contribution in [1.29, 1.82) is 0 Å². The van der Waals surface area contributed by atoms with Crippen molar-refractivity contribution in [2.45, 2.75) is 27.7 Å². The van der Waals surface area contributed by atoms with Gasteiger partial charge in [-0.3, -0.25) is 14.9 Å². The number of carbonyl (C=O) groups excluding carboxylic acids is 1. The molecule has 29 heavy (non-hydrogen) atoms. The predicted molar refractivity (Wildman–Crippen MR) is 113 cm³/mol. The molecular weight excluding hydrogens is 368 g/mol. The van der Waals surface area contributed by atoms with Crippen LogP contribution in [0.2, 0.25) is 0 Å². The molecule has 3 rings (SSSR count). The van der Waals surface area contributed by atoms with Gasteiger partial charge in [0.2, 0.25) is 0 Å². The van der Waals surface area contributed by atoms with Crippen LogP contribution in [0.1, 0.15) is 38.4 Å². The minimum atomic E-state index is -0.505. The van der Waals surface area contributed by atoms with E-state index in [1.165, 1.54) is 17.7 Å². The summed E-state index contributed by atoms with van der Waals surface area (Å²) in [5, 5.41) is 15.1. The number of hydrazone groups is 1. The van der Waals surface area contributed by atoms with Gasteiger partial charge < -0.3 is 4.57 Å². The van der Waals surface area contributed by atoms with Crippen LogP contribution in [0.5, 0.6) is 0 Å². The van der Waals surface area contributed by atoms with Crippen LogP contribution in [-0.2, 0) is 0 Å². The number of nitro groups is 1. The fraction of sp³-hybridized carbons (Fsp3) is 0.182. The van der Waals surface area contributed by atoms with Gasteiger partial charge in [0.15, 0.2) is 0 Å². The number of nitrogens with one attached hydrogen (secondary N) is 1. The van der Waals surface area contributed by atoms with Gasteiger partial charge >= 0.3 is 0 Å². The molecule has 1 aromatic heterocycles. The fourth-order valence-electron chi connectivity index (χ4n) is 3.18. The zero-order valence-electron chi connectivity index (χ0n) is 16.8. The topological polar surface area (TPSA) is 89.5 Å². The maximum Gasteiger partial charge on any atom is 0.273 e. The molecule has 0 saturated heterocycles. The Morgan fingerprint density at radius 1 is 1.07 bits per heavy atom. The molecule has 148 valence electrons. The number of hydrogen-bond donors (Lipinski definition) is 1. The van der Waals surface area contributed by atoms with Gasteiger partial charge in [0.1, 0.15) is 0 Å². The standard InChI is InChI=1S/C22H22N4O3/c1-14-5-9-20(10-6-14)25-16(3)11-19(17(25)4)13-23-24-22(27)18-8-7-15(2)21(12-18)26(28)29/h5-13H,1-4H3,(H,24,27)/b23-13+. The molecule has 0 aliphatic carbocycles. The molecule has 1 N–H and O–H groups in total. The third-order valence-electron chi connectivity index (χ3n) is 4.80. The maximum atomic E-state index is 12.3. The molecule has 1 amide bonds. The largest absolute Gasteiger partial charge is 0.318 e. The van der Waals surface area contributed by atoms with Gasteiger partial charge in [-0.05, 0) is 52.0 Å². The minimum Gasteiger partial charge on any atom is -0.318 e. The Labute approximate surface area is 168 Å². The first-order valence-electron chi connectivity index (χ1n) is 9.12. The van der Waals surface area contributed by atoms with E-state index in [2.05, 4.69) is 39.4 Å². The van der Waals surface area contributed by atoms with E-state index in [4.69, 9.17) is 0 Å². The molecule has 0 radical (unpaired) electrons.